The highest BCUT2D eigenvalue weighted by Crippen LogP contribution is 2.41. The van der Waals surface area contributed by atoms with Gasteiger partial charge in [0.2, 0.25) is 0 Å². The highest BCUT2D eigenvalue weighted by molar-refractivity contribution is 7.12. The van der Waals surface area contributed by atoms with Crippen molar-refractivity contribution in [2.45, 2.75) is 37.1 Å². The Morgan fingerprint density at radius 1 is 0.583 bits per heavy atom. The van der Waals surface area contributed by atoms with Crippen LogP contribution < -0.4 is 40.0 Å². The van der Waals surface area contributed by atoms with Crippen LogP contribution in [0.25, 0.3) is 0 Å². The van der Waals surface area contributed by atoms with E-state index in [0.29, 0.717) is 138 Å². The Kier molecular flexibility index (Phi) is 21.7. The van der Waals surface area contributed by atoms with Crippen LogP contribution in [0.5, 0.6) is 28.7 Å². The summed E-state index contributed by atoms with van der Waals surface area (Å²) >= 11 is 15.8. The number of halogens is 4. The zero-order chi connectivity index (χ0) is 72.0. The van der Waals surface area contributed by atoms with Crippen LogP contribution in [0.3, 0.4) is 0 Å². The summed E-state index contributed by atoms with van der Waals surface area (Å²) in [7, 11) is 4.22. The van der Waals surface area contributed by atoms with Crippen molar-refractivity contribution in [3.63, 3.8) is 0 Å². The number of carbonyl (C=O) groups excluding carboxylic acids is 5. The van der Waals surface area contributed by atoms with Gasteiger partial charge in [0.05, 0.1) is 51.2 Å². The highest BCUT2D eigenvalue weighted by atomic mass is 35.5. The van der Waals surface area contributed by atoms with Crippen LogP contribution in [0, 0.1) is 11.6 Å². The maximum atomic E-state index is 14.1. The van der Waals surface area contributed by atoms with Crippen molar-refractivity contribution in [2.75, 3.05) is 103 Å². The quantitative estimate of drug-likeness (QED) is 0.0517. The molecule has 532 valence electrons. The average Bonchev–Trinajstić information content (AvgIpc) is 1.77. The van der Waals surface area contributed by atoms with E-state index in [1.165, 1.54) is 73.3 Å². The van der Waals surface area contributed by atoms with Gasteiger partial charge >= 0.3 is 24.0 Å². The van der Waals surface area contributed by atoms with Gasteiger partial charge in [0, 0.05) is 144 Å². The number of fused-ring (bicyclic) bond motifs is 2. The van der Waals surface area contributed by atoms with E-state index in [-0.39, 0.29) is 63.9 Å². The number of amidine groups is 2. The number of aromatic nitrogens is 2. The average molecular weight is 1480 g/mol. The van der Waals surface area contributed by atoms with Crippen LogP contribution in [0.15, 0.2) is 189 Å². The largest absolute Gasteiger partial charge is 0.497 e. The van der Waals surface area contributed by atoms with Gasteiger partial charge in [0.25, 0.3) is 5.91 Å². The fourth-order valence-electron chi connectivity index (χ4n) is 13.0. The third-order valence-electron chi connectivity index (χ3n) is 18.1. The third-order valence-corrected chi connectivity index (χ3v) is 20.3. The van der Waals surface area contributed by atoms with Crippen molar-refractivity contribution in [3.05, 3.63) is 228 Å². The molecule has 0 aliphatic carbocycles. The molecule has 5 amide bonds. The zero-order valence-electron chi connectivity index (χ0n) is 56.0. The maximum absolute atomic E-state index is 14.1. The number of aliphatic hydroxyl groups excluding tert-OH is 1. The summed E-state index contributed by atoms with van der Waals surface area (Å²) in [6.45, 7) is 6.44. The lowest BCUT2D eigenvalue weighted by molar-refractivity contribution is -0.137. The number of benzene rings is 6. The molecule has 0 radical (unpaired) electrons. The molecule has 8 heterocycles. The molecular formula is C73H69Cl2F2N13O11S2. The summed E-state index contributed by atoms with van der Waals surface area (Å²) in [5.74, 6) is 1.67. The number of amides is 5. The number of rotatable bonds is 20. The number of ether oxygens (including phenoxy) is 5. The molecule has 4 fully saturated rings. The Labute approximate surface area is 609 Å². The van der Waals surface area contributed by atoms with E-state index in [0.717, 1.165) is 17.1 Å². The van der Waals surface area contributed by atoms with Crippen molar-refractivity contribution >= 4 is 98.8 Å². The summed E-state index contributed by atoms with van der Waals surface area (Å²) in [5, 5.41) is 23.7. The van der Waals surface area contributed by atoms with Crippen molar-refractivity contribution in [3.8, 4) is 28.7 Å². The van der Waals surface area contributed by atoms with Gasteiger partial charge in [0.1, 0.15) is 52.5 Å². The SMILES string of the molecule is COC(=O)C1=C(CN2CCN3C(=O)N(c4ccc(Oc5ccc(C(=O)NC(C)CO)cc5)cc4)C[C@@H]3C2)NC(c2nccs2)=N[C@H]1c1ccc(F)cc1Cl.COC(=O)C1=C(CN2CCN3C(=O)N(c4ccc(Oc5ccc(OC)cc5)cc4)C[C@@H]3C2)NC(c2nccs2)=N[C@H]1c1ccc(F)cc1Cl. The highest BCUT2D eigenvalue weighted by Gasteiger charge is 2.45. The molecule has 14 rings (SSSR count). The lowest BCUT2D eigenvalue weighted by Crippen LogP contribution is -2.53. The van der Waals surface area contributed by atoms with E-state index in [9.17, 15) is 37.9 Å². The first-order valence-electron chi connectivity index (χ1n) is 32.8. The van der Waals surface area contributed by atoms with Gasteiger partial charge in [-0.15, -0.1) is 22.7 Å². The number of hydrogen-bond acceptors (Lipinski definition) is 21. The number of hydrogen-bond donors (Lipinski definition) is 4. The first kappa shape index (κ1) is 71.1. The Bertz CT molecular complexity index is 4600. The van der Waals surface area contributed by atoms with Gasteiger partial charge in [-0.25, -0.2) is 37.9 Å². The molecule has 1 unspecified atom stereocenters. The number of carbonyl (C=O) groups is 5. The van der Waals surface area contributed by atoms with Crippen molar-refractivity contribution < 1.29 is 61.5 Å². The van der Waals surface area contributed by atoms with Gasteiger partial charge < -0.3 is 54.5 Å². The number of thiazole rings is 2. The van der Waals surface area contributed by atoms with Gasteiger partial charge in [-0.1, -0.05) is 35.3 Å². The molecule has 2 aromatic heterocycles. The number of aliphatic imine (C=N–C) groups is 2. The van der Waals surface area contributed by atoms with Crippen LogP contribution in [-0.2, 0) is 19.1 Å². The summed E-state index contributed by atoms with van der Waals surface area (Å²) < 4.78 is 55.7. The summed E-state index contributed by atoms with van der Waals surface area (Å²) in [6, 6.07) is 34.3. The molecular weight excluding hydrogens is 1410 g/mol. The van der Waals surface area contributed by atoms with Crippen molar-refractivity contribution in [2.24, 2.45) is 9.98 Å². The second kappa shape index (κ2) is 31.5. The number of anilines is 2. The van der Waals surface area contributed by atoms with Crippen LogP contribution in [-0.4, -0.2) is 188 Å². The number of urea groups is 2. The minimum absolute atomic E-state index is 0.0528. The topological polar surface area (TPSA) is 258 Å². The first-order chi connectivity index (χ1) is 49.9. The minimum atomic E-state index is -0.871. The Morgan fingerprint density at radius 3 is 1.37 bits per heavy atom. The molecule has 6 aliphatic rings. The lowest BCUT2D eigenvalue weighted by atomic mass is 9.95. The zero-order valence-corrected chi connectivity index (χ0v) is 59.2. The second-order valence-electron chi connectivity index (χ2n) is 24.7. The fourth-order valence-corrected chi connectivity index (χ4v) is 14.7. The predicted octanol–water partition coefficient (Wildman–Crippen LogP) is 10.9. The monoisotopic (exact) mass is 1480 g/mol. The normalized spacial score (nSPS) is 19.3. The van der Waals surface area contributed by atoms with Crippen LogP contribution >= 0.6 is 45.9 Å². The molecule has 30 heteroatoms. The molecule has 5 atom stereocenters. The molecule has 6 aliphatic heterocycles. The molecule has 103 heavy (non-hydrogen) atoms. The van der Waals surface area contributed by atoms with E-state index in [2.05, 4.69) is 35.7 Å². The molecule has 6 aromatic carbocycles. The standard InChI is InChI=1S/C38H37ClFN7O6S.C35H32ClFN6O5S/c1-22(21-48)42-35(49)23-3-8-27(9-4-23)53-28-10-6-25(7-11-28)47-19-26-18-45(14-15-46(26)38(47)51)20-31-32(37(50)52-2)33(29-12-5-24(40)17-30(29)39)44-34(43-31)36-41-13-16-54-36;1-46-24-8-10-26(11-9-24)48-25-6-4-22(5-7-25)43-19-23-18-41(14-15-42(23)35(43)45)20-29-30(34(44)47-2)31(27-12-3-21(37)17-28(27)36)40-32(39-29)33-38-13-16-49-33/h3-13,16-17,22,26,33,48H,14-15,18-21H2,1-2H3,(H,42,49)(H,43,44);3-13,16-17,23,31H,14-15,18-20H2,1-2H3,(H,39,40)/t22?,26-,33-;23-,31-/m00/s1. The Hall–Kier alpha value is -10.3. The van der Waals surface area contributed by atoms with Gasteiger partial charge in [-0.05, 0) is 128 Å². The summed E-state index contributed by atoms with van der Waals surface area (Å²) in [6.07, 6.45) is 3.34. The Morgan fingerprint density at radius 2 is 0.990 bits per heavy atom. The molecule has 0 bridgehead atoms. The number of methoxy groups -OCH3 is 3. The molecule has 4 N–H and O–H groups in total. The van der Waals surface area contributed by atoms with Crippen LogP contribution in [0.1, 0.15) is 50.5 Å². The van der Waals surface area contributed by atoms with Gasteiger partial charge in [-0.3, -0.25) is 34.4 Å². The van der Waals surface area contributed by atoms with E-state index >= 15 is 0 Å². The van der Waals surface area contributed by atoms with Crippen LogP contribution in [0.4, 0.5) is 29.7 Å². The summed E-state index contributed by atoms with van der Waals surface area (Å²) in [4.78, 5) is 96.3. The third kappa shape index (κ3) is 15.8. The number of aliphatic hydroxyl groups is 1. The number of nitrogens with one attached hydrogen (secondary N) is 3. The molecule has 0 spiro atoms. The minimum Gasteiger partial charge on any atom is -0.497 e. The van der Waals surface area contributed by atoms with Gasteiger partial charge in [0.15, 0.2) is 21.7 Å². The lowest BCUT2D eigenvalue weighted by Gasteiger charge is -2.38. The van der Waals surface area contributed by atoms with E-state index in [4.69, 9.17) is 56.9 Å². The molecule has 24 nitrogen and oxygen atoms in total. The fraction of sp³-hybridized carbons (Fsp3) is 0.274. The number of piperazine rings is 2. The van der Waals surface area contributed by atoms with Crippen LogP contribution in [0.2, 0.25) is 10.0 Å². The van der Waals surface area contributed by atoms with E-state index < -0.39 is 35.7 Å². The van der Waals surface area contributed by atoms with E-state index in [1.807, 2.05) is 81.2 Å². The maximum Gasteiger partial charge on any atom is 0.338 e. The van der Waals surface area contributed by atoms with Crippen molar-refractivity contribution in [1.29, 1.82) is 0 Å². The Balaban J connectivity index is 0.000000184. The van der Waals surface area contributed by atoms with Crippen molar-refractivity contribution in [1.82, 2.24) is 45.5 Å². The molecule has 0 saturated carbocycles. The first-order valence-corrected chi connectivity index (χ1v) is 35.3. The molecule has 8 aromatic rings. The summed E-state index contributed by atoms with van der Waals surface area (Å²) in [5.41, 5.74) is 4.56. The number of esters is 2. The smallest absolute Gasteiger partial charge is 0.338 e. The van der Waals surface area contributed by atoms with Gasteiger partial charge in [-0.2, -0.15) is 0 Å². The van der Waals surface area contributed by atoms with E-state index in [1.54, 1.807) is 72.6 Å². The second-order valence-corrected chi connectivity index (χ2v) is 27.3. The molecule has 4 saturated heterocycles. The number of nitrogens with zero attached hydrogens (tertiary/aromatic N) is 10. The predicted molar refractivity (Wildman–Crippen MR) is 386 cm³/mol.